The van der Waals surface area contributed by atoms with Crippen molar-refractivity contribution in [2.75, 3.05) is 40.5 Å². The second-order valence-electron chi connectivity index (χ2n) is 8.61. The van der Waals surface area contributed by atoms with Crippen LogP contribution >= 0.6 is 0 Å². The van der Waals surface area contributed by atoms with Gasteiger partial charge in [0, 0.05) is 38.2 Å². The number of ether oxygens (including phenoxy) is 2. The molecule has 3 amide bonds. The lowest BCUT2D eigenvalue weighted by molar-refractivity contribution is -0.137. The molecule has 32 heavy (non-hydrogen) atoms. The van der Waals surface area contributed by atoms with Crippen molar-refractivity contribution in [1.29, 1.82) is 0 Å². The molecular weight excluding hydrogens is 410 g/mol. The van der Waals surface area contributed by atoms with Gasteiger partial charge in [-0.1, -0.05) is 18.9 Å². The van der Waals surface area contributed by atoms with E-state index >= 15 is 0 Å². The van der Waals surface area contributed by atoms with Crippen LogP contribution in [0.15, 0.2) is 24.3 Å². The highest BCUT2D eigenvalue weighted by atomic mass is 16.5. The first kappa shape index (κ1) is 24.0. The maximum Gasteiger partial charge on any atom is 0.252 e. The number of hydrogen-bond donors (Lipinski definition) is 2. The van der Waals surface area contributed by atoms with E-state index in [9.17, 15) is 14.4 Å². The second-order valence-corrected chi connectivity index (χ2v) is 8.61. The van der Waals surface area contributed by atoms with Crippen molar-refractivity contribution in [2.45, 2.75) is 44.6 Å². The summed E-state index contributed by atoms with van der Waals surface area (Å²) in [5.74, 6) is 0.409. The monoisotopic (exact) mass is 445 g/mol. The molecule has 2 N–H and O–H groups in total. The summed E-state index contributed by atoms with van der Waals surface area (Å²) >= 11 is 0. The first-order chi connectivity index (χ1) is 15.5. The predicted octanol–water partition coefficient (Wildman–Crippen LogP) is 1.99. The van der Waals surface area contributed by atoms with Gasteiger partial charge in [0.2, 0.25) is 11.8 Å². The lowest BCUT2D eigenvalue weighted by atomic mass is 9.87. The Labute approximate surface area is 190 Å². The van der Waals surface area contributed by atoms with Gasteiger partial charge in [-0.25, -0.2) is 0 Å². The zero-order valence-corrected chi connectivity index (χ0v) is 19.1. The molecule has 1 aliphatic carbocycles. The molecule has 0 aromatic heterocycles. The Hall–Kier alpha value is -2.61. The maximum absolute atomic E-state index is 12.9. The number of carbonyl (C=O) groups excluding carboxylic acids is 3. The van der Waals surface area contributed by atoms with E-state index in [1.165, 1.54) is 0 Å². The molecule has 1 heterocycles. The van der Waals surface area contributed by atoms with Crippen LogP contribution in [-0.4, -0.2) is 69.1 Å². The van der Waals surface area contributed by atoms with E-state index in [0.717, 1.165) is 25.7 Å². The lowest BCUT2D eigenvalue weighted by Crippen LogP contribution is -2.54. The van der Waals surface area contributed by atoms with Crippen molar-refractivity contribution in [3.8, 4) is 5.75 Å². The molecule has 1 saturated heterocycles. The van der Waals surface area contributed by atoms with Gasteiger partial charge in [-0.05, 0) is 49.8 Å². The summed E-state index contributed by atoms with van der Waals surface area (Å²) in [6.07, 6.45) is 5.60. The third-order valence-electron chi connectivity index (χ3n) is 6.53. The molecule has 8 heteroatoms. The minimum Gasteiger partial charge on any atom is -0.497 e. The van der Waals surface area contributed by atoms with Gasteiger partial charge in [-0.3, -0.25) is 14.4 Å². The highest BCUT2D eigenvalue weighted by Crippen LogP contribution is 2.29. The summed E-state index contributed by atoms with van der Waals surface area (Å²) in [4.78, 5) is 40.6. The van der Waals surface area contributed by atoms with Crippen LogP contribution in [0.4, 0.5) is 0 Å². The molecule has 1 aromatic rings. The van der Waals surface area contributed by atoms with Crippen LogP contribution in [0, 0.1) is 11.8 Å². The van der Waals surface area contributed by atoms with Crippen molar-refractivity contribution in [3.05, 3.63) is 29.8 Å². The summed E-state index contributed by atoms with van der Waals surface area (Å²) in [6, 6.07) is 6.19. The number of nitrogens with one attached hydrogen (secondary N) is 2. The van der Waals surface area contributed by atoms with E-state index in [4.69, 9.17) is 9.47 Å². The quantitative estimate of drug-likeness (QED) is 0.567. The number of carbonyl (C=O) groups is 3. The zero-order chi connectivity index (χ0) is 22.9. The van der Waals surface area contributed by atoms with Gasteiger partial charge in [-0.15, -0.1) is 0 Å². The van der Waals surface area contributed by atoms with Crippen LogP contribution in [0.2, 0.25) is 0 Å². The molecule has 1 aromatic carbocycles. The van der Waals surface area contributed by atoms with E-state index in [0.29, 0.717) is 50.4 Å². The molecule has 8 nitrogen and oxygen atoms in total. The van der Waals surface area contributed by atoms with Crippen LogP contribution in [-0.2, 0) is 14.3 Å². The van der Waals surface area contributed by atoms with Crippen LogP contribution < -0.4 is 15.4 Å². The van der Waals surface area contributed by atoms with E-state index in [1.807, 2.05) is 4.90 Å². The number of hydrogen-bond acceptors (Lipinski definition) is 5. The topological polar surface area (TPSA) is 97.0 Å². The summed E-state index contributed by atoms with van der Waals surface area (Å²) in [5.41, 5.74) is 0.438. The van der Waals surface area contributed by atoms with Crippen molar-refractivity contribution >= 4 is 17.7 Å². The Kier molecular flexibility index (Phi) is 8.90. The van der Waals surface area contributed by atoms with E-state index in [-0.39, 0.29) is 29.6 Å². The smallest absolute Gasteiger partial charge is 0.252 e. The molecule has 0 spiro atoms. The predicted molar refractivity (Wildman–Crippen MR) is 120 cm³/mol. The zero-order valence-electron chi connectivity index (χ0n) is 19.1. The lowest BCUT2D eigenvalue weighted by Gasteiger charge is -2.36. The Morgan fingerprint density at radius 3 is 2.47 bits per heavy atom. The van der Waals surface area contributed by atoms with Gasteiger partial charge < -0.3 is 25.0 Å². The fourth-order valence-corrected chi connectivity index (χ4v) is 4.66. The Morgan fingerprint density at radius 2 is 1.81 bits per heavy atom. The molecule has 1 saturated carbocycles. The maximum atomic E-state index is 12.9. The van der Waals surface area contributed by atoms with Gasteiger partial charge in [0.1, 0.15) is 11.8 Å². The molecule has 0 bridgehead atoms. The van der Waals surface area contributed by atoms with Crippen LogP contribution in [0.1, 0.15) is 48.9 Å². The minimum absolute atomic E-state index is 0.0419. The second kappa shape index (κ2) is 11.9. The summed E-state index contributed by atoms with van der Waals surface area (Å²) in [5, 5.41) is 5.78. The Bertz CT molecular complexity index is 786. The molecule has 176 valence electrons. The van der Waals surface area contributed by atoms with Crippen molar-refractivity contribution in [3.63, 3.8) is 0 Å². The van der Waals surface area contributed by atoms with Gasteiger partial charge >= 0.3 is 0 Å². The molecule has 3 rings (SSSR count). The number of piperidine rings is 1. The van der Waals surface area contributed by atoms with Gasteiger partial charge in [0.05, 0.1) is 13.7 Å². The first-order valence-electron chi connectivity index (χ1n) is 11.5. The highest BCUT2D eigenvalue weighted by Gasteiger charge is 2.35. The Balaban J connectivity index is 1.65. The number of likely N-dealkylation sites (tertiary alicyclic amines) is 1. The highest BCUT2D eigenvalue weighted by molar-refractivity contribution is 5.98. The SMILES string of the molecule is COCCNC(=O)[C@H](NC(=O)c1cccc(OC)c1)C1CCN(C(=O)C2CCCC2)CC1. The van der Waals surface area contributed by atoms with E-state index in [1.54, 1.807) is 38.5 Å². The Morgan fingerprint density at radius 1 is 1.09 bits per heavy atom. The normalized spacial score (nSPS) is 18.2. The molecule has 1 aliphatic heterocycles. The molecular formula is C24H35N3O5. The number of rotatable bonds is 9. The fourth-order valence-electron chi connectivity index (χ4n) is 4.66. The van der Waals surface area contributed by atoms with Gasteiger partial charge in [0.15, 0.2) is 0 Å². The van der Waals surface area contributed by atoms with Crippen molar-refractivity contribution in [2.24, 2.45) is 11.8 Å². The summed E-state index contributed by atoms with van der Waals surface area (Å²) in [6.45, 7) is 2.02. The number of methoxy groups -OCH3 is 2. The van der Waals surface area contributed by atoms with Crippen LogP contribution in [0.5, 0.6) is 5.75 Å². The van der Waals surface area contributed by atoms with Crippen molar-refractivity contribution in [1.82, 2.24) is 15.5 Å². The molecule has 0 radical (unpaired) electrons. The summed E-state index contributed by atoms with van der Waals surface area (Å²) in [7, 11) is 3.12. The number of nitrogens with zero attached hydrogens (tertiary/aromatic N) is 1. The largest absolute Gasteiger partial charge is 0.497 e. The molecule has 0 unspecified atom stereocenters. The van der Waals surface area contributed by atoms with E-state index < -0.39 is 6.04 Å². The third kappa shape index (κ3) is 6.22. The van der Waals surface area contributed by atoms with Gasteiger partial charge in [-0.2, -0.15) is 0 Å². The van der Waals surface area contributed by atoms with Crippen LogP contribution in [0.3, 0.4) is 0 Å². The molecule has 1 atom stereocenters. The fraction of sp³-hybridized carbons (Fsp3) is 0.625. The standard InChI is InChI=1S/C24H35N3O5/c1-31-15-12-25-23(29)21(26-22(28)19-8-5-9-20(16-19)32-2)17-10-13-27(14-11-17)24(30)18-6-3-4-7-18/h5,8-9,16-18,21H,3-4,6-7,10-15H2,1-2H3,(H,25,29)(H,26,28)/t21-/m1/s1. The molecule has 2 fully saturated rings. The first-order valence-corrected chi connectivity index (χ1v) is 11.5. The third-order valence-corrected chi connectivity index (χ3v) is 6.53. The average molecular weight is 446 g/mol. The molecule has 2 aliphatic rings. The number of amides is 3. The number of benzene rings is 1. The van der Waals surface area contributed by atoms with Gasteiger partial charge in [0.25, 0.3) is 5.91 Å². The van der Waals surface area contributed by atoms with Crippen molar-refractivity contribution < 1.29 is 23.9 Å². The minimum atomic E-state index is -0.672. The summed E-state index contributed by atoms with van der Waals surface area (Å²) < 4.78 is 10.2. The average Bonchev–Trinajstić information content (AvgIpc) is 3.37. The van der Waals surface area contributed by atoms with Crippen LogP contribution in [0.25, 0.3) is 0 Å². The van der Waals surface area contributed by atoms with E-state index in [2.05, 4.69) is 10.6 Å².